The minimum absolute atomic E-state index is 0.485. The highest BCUT2D eigenvalue weighted by atomic mass is 19.4. The van der Waals surface area contributed by atoms with Gasteiger partial charge in [-0.3, -0.25) is 4.57 Å². The molecule has 4 nitrogen and oxygen atoms in total. The van der Waals surface area contributed by atoms with E-state index >= 15 is 0 Å². The van der Waals surface area contributed by atoms with Crippen LogP contribution >= 0.6 is 0 Å². The van der Waals surface area contributed by atoms with E-state index in [1.807, 2.05) is 0 Å². The fourth-order valence-electron chi connectivity index (χ4n) is 1.94. The lowest BCUT2D eigenvalue weighted by molar-refractivity contribution is 0.430. The second-order valence-corrected chi connectivity index (χ2v) is 4.05. The van der Waals surface area contributed by atoms with E-state index in [1.165, 1.54) is 4.57 Å². The molecule has 90 valence electrons. The maximum absolute atomic E-state index is 12.2. The van der Waals surface area contributed by atoms with E-state index in [0.717, 1.165) is 19.3 Å². The first-order valence-corrected chi connectivity index (χ1v) is 5.35. The largest absolute Gasteiger partial charge is 0.499 e. The molecule has 1 aliphatic rings. The van der Waals surface area contributed by atoms with Crippen LogP contribution in [0.4, 0.5) is 12.9 Å². The van der Waals surface area contributed by atoms with Gasteiger partial charge in [-0.15, -0.1) is 0 Å². The van der Waals surface area contributed by atoms with Crippen LogP contribution in [-0.2, 0) is 19.4 Å². The molecule has 0 unspecified atom stereocenters. The van der Waals surface area contributed by atoms with Gasteiger partial charge in [-0.05, 0) is 12.8 Å². The molecule has 0 saturated heterocycles. The van der Waals surface area contributed by atoms with Crippen LogP contribution in [0.2, 0.25) is 0 Å². The lowest BCUT2D eigenvalue weighted by atomic mass is 9.93. The van der Waals surface area contributed by atoms with Gasteiger partial charge in [0.2, 0.25) is 0 Å². The zero-order valence-corrected chi connectivity index (χ0v) is 8.70. The van der Waals surface area contributed by atoms with Crippen molar-refractivity contribution in [1.82, 2.24) is 14.3 Å². The summed E-state index contributed by atoms with van der Waals surface area (Å²) in [7, 11) is 0. The third-order valence-corrected chi connectivity index (χ3v) is 2.66. The van der Waals surface area contributed by atoms with E-state index in [0.29, 0.717) is 23.5 Å². The zero-order chi connectivity index (χ0) is 11.8. The van der Waals surface area contributed by atoms with E-state index < -0.39 is 19.1 Å². The number of hydrogen-bond donors (Lipinski definition) is 0. The van der Waals surface area contributed by atoms with Gasteiger partial charge in [-0.1, -0.05) is 6.42 Å². The average molecular weight is 234 g/mol. The van der Waals surface area contributed by atoms with E-state index in [-0.39, 0.29) is 0 Å². The number of halogens is 3. The van der Waals surface area contributed by atoms with Crippen molar-refractivity contribution in [2.75, 3.05) is 0 Å². The molecule has 0 N–H and O–H groups in total. The Morgan fingerprint density at radius 1 is 1.25 bits per heavy atom. The quantitative estimate of drug-likeness (QED) is 0.720. The van der Waals surface area contributed by atoms with Gasteiger partial charge in [0.25, 0.3) is 0 Å². The van der Waals surface area contributed by atoms with Crippen molar-refractivity contribution < 1.29 is 12.9 Å². The number of nitrogens with zero attached hydrogens (tertiary/aromatic N) is 3. The summed E-state index contributed by atoms with van der Waals surface area (Å²) in [5.41, 5.74) is -0.629. The van der Waals surface area contributed by atoms with Crippen LogP contribution in [0.1, 0.15) is 25.1 Å². The van der Waals surface area contributed by atoms with Crippen LogP contribution in [0.3, 0.4) is 0 Å². The molecule has 1 aliphatic heterocycles. The van der Waals surface area contributed by atoms with Gasteiger partial charge >= 0.3 is 12.7 Å². The Kier molecular flexibility index (Phi) is 2.81. The predicted octanol–water partition coefficient (Wildman–Crippen LogP) is 1.16. The first kappa shape index (κ1) is 11.3. The highest BCUT2D eigenvalue weighted by Gasteiger charge is 2.27. The van der Waals surface area contributed by atoms with Crippen molar-refractivity contribution in [3.63, 3.8) is 0 Å². The zero-order valence-electron chi connectivity index (χ0n) is 8.70. The van der Waals surface area contributed by atoms with Gasteiger partial charge in [-0.25, -0.2) is 9.48 Å². The third-order valence-electron chi connectivity index (χ3n) is 2.66. The van der Waals surface area contributed by atoms with E-state index in [1.54, 1.807) is 0 Å². The molecular weight excluding hydrogens is 222 g/mol. The van der Waals surface area contributed by atoms with Crippen molar-refractivity contribution in [2.45, 2.75) is 38.7 Å². The Bertz CT molecular complexity index is 437. The molecule has 0 bridgehead atoms. The second kappa shape index (κ2) is 3.99. The topological polar surface area (TPSA) is 39.8 Å². The summed E-state index contributed by atoms with van der Waals surface area (Å²) in [6.07, 6.45) is 2.06. The smallest absolute Gasteiger partial charge is 0.448 e. The number of rotatable bonds is 2. The molecule has 8 heteroatoms. The molecule has 2 rings (SSSR count). The number of hydrogen-bond acceptors (Lipinski definition) is 2. The Labute approximate surface area is 90.1 Å². The number of aromatic nitrogens is 3. The summed E-state index contributed by atoms with van der Waals surface area (Å²) < 4.78 is 38.6. The van der Waals surface area contributed by atoms with Crippen LogP contribution in [0.25, 0.3) is 0 Å². The van der Waals surface area contributed by atoms with E-state index in [9.17, 15) is 17.7 Å². The van der Waals surface area contributed by atoms with Gasteiger partial charge in [0.05, 0.1) is 0 Å². The Morgan fingerprint density at radius 3 is 2.69 bits per heavy atom. The van der Waals surface area contributed by atoms with Crippen LogP contribution in [0.15, 0.2) is 4.79 Å². The Hall–Kier alpha value is -1.21. The third kappa shape index (κ3) is 2.30. The van der Waals surface area contributed by atoms with Gasteiger partial charge < -0.3 is 12.9 Å². The number of fused-ring (bicyclic) bond motifs is 1. The second-order valence-electron chi connectivity index (χ2n) is 4.05. The van der Waals surface area contributed by atoms with Crippen LogP contribution < -0.4 is 5.69 Å². The van der Waals surface area contributed by atoms with Crippen molar-refractivity contribution in [3.05, 3.63) is 16.3 Å². The fourth-order valence-corrected chi connectivity index (χ4v) is 1.94. The minimum atomic E-state index is -5.02. The average Bonchev–Trinajstić information content (AvgIpc) is 2.39. The molecule has 0 aromatic carbocycles. The Balaban J connectivity index is 2.32. The van der Waals surface area contributed by atoms with Gasteiger partial charge in [-0.2, -0.15) is 5.10 Å². The summed E-state index contributed by atoms with van der Waals surface area (Å²) in [4.78, 5) is 11.6. The van der Waals surface area contributed by atoms with Crippen molar-refractivity contribution in [1.29, 1.82) is 0 Å². The normalized spacial score (nSPS) is 16.9. The van der Waals surface area contributed by atoms with Crippen LogP contribution in [0.5, 0.6) is 0 Å². The molecule has 0 saturated carbocycles. The molecule has 0 spiro atoms. The van der Waals surface area contributed by atoms with E-state index in [4.69, 9.17) is 0 Å². The standard InChI is InChI=1S/C8H12BF3N3O/c10-9(11,12)6-15-8(16)14-5-3-1-2-4-7(14)13-15/h1-6H2/q-1. The molecule has 0 radical (unpaired) electrons. The van der Waals surface area contributed by atoms with Crippen molar-refractivity contribution in [3.8, 4) is 0 Å². The van der Waals surface area contributed by atoms with E-state index in [2.05, 4.69) is 5.10 Å². The molecule has 0 atom stereocenters. The first-order valence-electron chi connectivity index (χ1n) is 5.35. The molecular formula is C8H12BF3N3O-. The monoisotopic (exact) mass is 234 g/mol. The molecule has 16 heavy (non-hydrogen) atoms. The maximum atomic E-state index is 12.2. The van der Waals surface area contributed by atoms with Crippen LogP contribution in [0, 0.1) is 0 Å². The summed E-state index contributed by atoms with van der Waals surface area (Å²) in [5, 5.41) is 3.76. The summed E-state index contributed by atoms with van der Waals surface area (Å²) in [6, 6.07) is 0. The molecule has 1 aromatic heterocycles. The molecule has 2 heterocycles. The summed E-state index contributed by atoms with van der Waals surface area (Å²) >= 11 is 0. The molecule has 1 aromatic rings. The van der Waals surface area contributed by atoms with Gasteiger partial charge in [0.15, 0.2) is 0 Å². The number of aryl methyl sites for hydroxylation is 1. The van der Waals surface area contributed by atoms with Gasteiger partial charge in [0.1, 0.15) is 5.82 Å². The molecule has 0 amide bonds. The SMILES string of the molecule is O=c1n(C[B-](F)(F)F)nc2n1CCCCC2. The highest BCUT2D eigenvalue weighted by molar-refractivity contribution is 6.57. The first-order chi connectivity index (χ1) is 7.47. The summed E-state index contributed by atoms with van der Waals surface area (Å²) in [6.45, 7) is -4.53. The molecule has 0 fully saturated rings. The predicted molar refractivity (Wildman–Crippen MR) is 53.1 cm³/mol. The summed E-state index contributed by atoms with van der Waals surface area (Å²) in [5.74, 6) is 0.488. The molecule has 0 aliphatic carbocycles. The lowest BCUT2D eigenvalue weighted by Gasteiger charge is -2.11. The van der Waals surface area contributed by atoms with Crippen LogP contribution in [-0.4, -0.2) is 21.3 Å². The van der Waals surface area contributed by atoms with Crippen molar-refractivity contribution >= 4 is 6.98 Å². The fraction of sp³-hybridized carbons (Fsp3) is 0.750. The lowest BCUT2D eigenvalue weighted by Crippen LogP contribution is -2.33. The maximum Gasteiger partial charge on any atom is 0.499 e. The van der Waals surface area contributed by atoms with Gasteiger partial charge in [0, 0.05) is 19.4 Å². The Morgan fingerprint density at radius 2 is 2.00 bits per heavy atom. The van der Waals surface area contributed by atoms with Crippen molar-refractivity contribution in [2.24, 2.45) is 0 Å². The highest BCUT2D eigenvalue weighted by Crippen LogP contribution is 2.13. The minimum Gasteiger partial charge on any atom is -0.448 e.